The Kier molecular flexibility index (Phi) is 6.64. The fourth-order valence-corrected chi connectivity index (χ4v) is 6.19. The summed E-state index contributed by atoms with van der Waals surface area (Å²) < 4.78 is 1.85. The van der Waals surface area contributed by atoms with Gasteiger partial charge in [0.2, 0.25) is 0 Å². The minimum absolute atomic E-state index is 0.396. The van der Waals surface area contributed by atoms with E-state index in [-0.39, 0.29) is 0 Å². The maximum atomic E-state index is 5.20. The highest BCUT2D eigenvalue weighted by Gasteiger charge is 2.24. The predicted octanol–water partition coefficient (Wildman–Crippen LogP) is 6.48. The number of aryl methyl sites for hydroxylation is 1. The van der Waals surface area contributed by atoms with Crippen molar-refractivity contribution in [1.82, 2.24) is 44.6 Å². The van der Waals surface area contributed by atoms with Crippen LogP contribution in [-0.2, 0) is 6.54 Å². The van der Waals surface area contributed by atoms with E-state index in [2.05, 4.69) is 84.8 Å². The summed E-state index contributed by atoms with van der Waals surface area (Å²) in [5, 5.41) is 13.3. The quantitative estimate of drug-likeness (QED) is 0.241. The smallest absolute Gasteiger partial charge is 0.181 e. The van der Waals surface area contributed by atoms with Crippen molar-refractivity contribution in [2.45, 2.75) is 32.2 Å². The van der Waals surface area contributed by atoms with E-state index in [0.717, 1.165) is 94.4 Å². The highest BCUT2D eigenvalue weighted by molar-refractivity contribution is 5.90. The van der Waals surface area contributed by atoms with E-state index in [9.17, 15) is 0 Å². The summed E-state index contributed by atoms with van der Waals surface area (Å²) in [6.45, 7) is 4.95. The molecule has 1 fully saturated rings. The lowest BCUT2D eigenvalue weighted by Gasteiger charge is -2.31. The zero-order valence-corrected chi connectivity index (χ0v) is 24.4. The standard InChI is InChI=1S/C35H31N9/c1-23-19-31-37-21-29-20-30(25-5-3-2-4-6-25)32(38-35(29)44(31)42-23)26-9-7-24(8-10-26)22-43-17-13-28(14-18-43)34-39-33(40-41-34)27-11-15-36-16-12-27/h2-12,15-16,19-21,28H,13-14,17-18,22H2,1H3,(H,39,40,41). The molecule has 2 aromatic carbocycles. The number of rotatable bonds is 6. The third-order valence-corrected chi connectivity index (χ3v) is 8.51. The van der Waals surface area contributed by atoms with Crippen LogP contribution in [-0.4, -0.2) is 57.7 Å². The molecule has 0 aliphatic carbocycles. The minimum atomic E-state index is 0.396. The van der Waals surface area contributed by atoms with Crippen LogP contribution in [0.5, 0.6) is 0 Å². The SMILES string of the molecule is Cc1cc2ncc3cc(-c4ccccc4)c(-c4ccc(CN5CCC(c6nc(-c7ccncc7)n[nH]6)CC5)cc4)nc3n2n1. The summed E-state index contributed by atoms with van der Waals surface area (Å²) in [4.78, 5) is 21.2. The van der Waals surface area contributed by atoms with Crippen LogP contribution in [0.15, 0.2) is 97.5 Å². The average molecular weight is 578 g/mol. The largest absolute Gasteiger partial charge is 0.299 e. The topological polar surface area (TPSA) is 101 Å². The Morgan fingerprint density at radius 3 is 2.43 bits per heavy atom. The zero-order chi connectivity index (χ0) is 29.5. The Morgan fingerprint density at radius 1 is 0.841 bits per heavy atom. The van der Waals surface area contributed by atoms with Crippen LogP contribution in [0.4, 0.5) is 0 Å². The van der Waals surface area contributed by atoms with Crippen LogP contribution in [0.2, 0.25) is 0 Å². The van der Waals surface area contributed by atoms with Gasteiger partial charge < -0.3 is 0 Å². The normalized spacial score (nSPS) is 14.5. The summed E-state index contributed by atoms with van der Waals surface area (Å²) in [5.41, 5.74) is 9.04. The number of fused-ring (bicyclic) bond motifs is 3. The number of aromatic amines is 1. The van der Waals surface area contributed by atoms with Crippen molar-refractivity contribution >= 4 is 16.7 Å². The number of likely N-dealkylation sites (tertiary alicyclic amines) is 1. The number of nitrogens with zero attached hydrogens (tertiary/aromatic N) is 8. The van der Waals surface area contributed by atoms with Gasteiger partial charge in [0.15, 0.2) is 17.1 Å². The number of aromatic nitrogens is 8. The van der Waals surface area contributed by atoms with Gasteiger partial charge in [0, 0.05) is 59.2 Å². The highest BCUT2D eigenvalue weighted by Crippen LogP contribution is 2.34. The Balaban J connectivity index is 1.02. The van der Waals surface area contributed by atoms with E-state index in [1.165, 1.54) is 5.56 Å². The third-order valence-electron chi connectivity index (χ3n) is 8.51. The summed E-state index contributed by atoms with van der Waals surface area (Å²) in [6, 6.07) is 27.4. The lowest BCUT2D eigenvalue weighted by Crippen LogP contribution is -2.32. The van der Waals surface area contributed by atoms with Crippen molar-refractivity contribution in [3.8, 4) is 33.8 Å². The summed E-state index contributed by atoms with van der Waals surface area (Å²) >= 11 is 0. The van der Waals surface area contributed by atoms with Gasteiger partial charge in [0.05, 0.1) is 11.4 Å². The van der Waals surface area contributed by atoms with Gasteiger partial charge >= 0.3 is 0 Å². The molecular weight excluding hydrogens is 546 g/mol. The third kappa shape index (κ3) is 5.01. The molecule has 9 nitrogen and oxygen atoms in total. The van der Waals surface area contributed by atoms with Gasteiger partial charge in [-0.3, -0.25) is 15.0 Å². The number of nitrogens with one attached hydrogen (secondary N) is 1. The van der Waals surface area contributed by atoms with Crippen LogP contribution >= 0.6 is 0 Å². The molecule has 0 atom stereocenters. The van der Waals surface area contributed by atoms with Crippen molar-refractivity contribution in [3.63, 3.8) is 0 Å². The molecule has 0 saturated carbocycles. The second kappa shape index (κ2) is 11.1. The summed E-state index contributed by atoms with van der Waals surface area (Å²) in [6.07, 6.45) is 7.55. The molecule has 8 rings (SSSR count). The molecule has 0 bridgehead atoms. The number of piperidine rings is 1. The van der Waals surface area contributed by atoms with Crippen LogP contribution < -0.4 is 0 Å². The van der Waals surface area contributed by atoms with E-state index < -0.39 is 0 Å². The zero-order valence-electron chi connectivity index (χ0n) is 24.4. The van der Waals surface area contributed by atoms with Crippen LogP contribution in [0.1, 0.15) is 35.8 Å². The molecule has 1 aliphatic heterocycles. The first-order valence-electron chi connectivity index (χ1n) is 15.0. The molecular formula is C35H31N9. The second-order valence-corrected chi connectivity index (χ2v) is 11.5. The second-order valence-electron chi connectivity index (χ2n) is 11.5. The number of H-pyrrole nitrogens is 1. The maximum absolute atomic E-state index is 5.20. The van der Waals surface area contributed by atoms with Crippen LogP contribution in [0.25, 0.3) is 50.5 Å². The lowest BCUT2D eigenvalue weighted by atomic mass is 9.95. The molecule has 5 aromatic heterocycles. The first-order chi connectivity index (χ1) is 21.7. The van der Waals surface area contributed by atoms with Gasteiger partial charge in [-0.1, -0.05) is 54.6 Å². The Morgan fingerprint density at radius 2 is 1.64 bits per heavy atom. The van der Waals surface area contributed by atoms with E-state index in [1.54, 1.807) is 12.4 Å². The molecule has 7 aromatic rings. The first-order valence-corrected chi connectivity index (χ1v) is 15.0. The monoisotopic (exact) mass is 577 g/mol. The Hall–Kier alpha value is -5.28. The lowest BCUT2D eigenvalue weighted by molar-refractivity contribution is 0.202. The number of hydrogen-bond acceptors (Lipinski definition) is 7. The van der Waals surface area contributed by atoms with Gasteiger partial charge in [-0.2, -0.15) is 14.7 Å². The van der Waals surface area contributed by atoms with Gasteiger partial charge in [0.1, 0.15) is 5.82 Å². The van der Waals surface area contributed by atoms with E-state index >= 15 is 0 Å². The van der Waals surface area contributed by atoms with E-state index in [4.69, 9.17) is 9.97 Å². The van der Waals surface area contributed by atoms with E-state index in [1.807, 2.05) is 41.9 Å². The number of hydrogen-bond donors (Lipinski definition) is 1. The maximum Gasteiger partial charge on any atom is 0.181 e. The van der Waals surface area contributed by atoms with Crippen LogP contribution in [0.3, 0.4) is 0 Å². The predicted molar refractivity (Wildman–Crippen MR) is 171 cm³/mol. The number of benzene rings is 2. The molecule has 0 unspecified atom stereocenters. The van der Waals surface area contributed by atoms with Crippen molar-refractivity contribution in [3.05, 3.63) is 115 Å². The fourth-order valence-electron chi connectivity index (χ4n) is 6.19. The molecule has 0 radical (unpaired) electrons. The Labute approximate surface area is 254 Å². The average Bonchev–Trinajstić information content (AvgIpc) is 3.73. The van der Waals surface area contributed by atoms with Gasteiger partial charge in [-0.25, -0.2) is 15.0 Å². The van der Waals surface area contributed by atoms with Crippen molar-refractivity contribution in [2.24, 2.45) is 0 Å². The van der Waals surface area contributed by atoms with Crippen molar-refractivity contribution < 1.29 is 0 Å². The molecule has 6 heterocycles. The summed E-state index contributed by atoms with van der Waals surface area (Å²) in [7, 11) is 0. The summed E-state index contributed by atoms with van der Waals surface area (Å²) in [5.74, 6) is 2.12. The molecule has 1 aliphatic rings. The van der Waals surface area contributed by atoms with E-state index in [0.29, 0.717) is 5.92 Å². The highest BCUT2D eigenvalue weighted by atomic mass is 15.3. The number of pyridine rings is 2. The molecule has 44 heavy (non-hydrogen) atoms. The molecule has 0 spiro atoms. The molecule has 216 valence electrons. The Bertz CT molecular complexity index is 2060. The van der Waals surface area contributed by atoms with Gasteiger partial charge in [-0.05, 0) is 62.2 Å². The fraction of sp³-hybridized carbons (Fsp3) is 0.200. The van der Waals surface area contributed by atoms with Crippen LogP contribution in [0, 0.1) is 6.92 Å². The minimum Gasteiger partial charge on any atom is -0.299 e. The molecule has 1 saturated heterocycles. The van der Waals surface area contributed by atoms with Crippen molar-refractivity contribution in [2.75, 3.05) is 13.1 Å². The van der Waals surface area contributed by atoms with Crippen molar-refractivity contribution in [1.29, 1.82) is 0 Å². The molecule has 1 N–H and O–H groups in total. The molecule has 9 heteroatoms. The van der Waals surface area contributed by atoms with Gasteiger partial charge in [0.25, 0.3) is 0 Å². The van der Waals surface area contributed by atoms with Gasteiger partial charge in [-0.15, -0.1) is 0 Å². The first kappa shape index (κ1) is 26.4. The molecule has 0 amide bonds.